The van der Waals surface area contributed by atoms with Crippen molar-refractivity contribution < 1.29 is 39.7 Å². The van der Waals surface area contributed by atoms with Crippen LogP contribution in [0.4, 0.5) is 0 Å². The second-order valence-corrected chi connectivity index (χ2v) is 4.91. The highest BCUT2D eigenvalue weighted by molar-refractivity contribution is 4.80. The van der Waals surface area contributed by atoms with Gasteiger partial charge in [-0.3, -0.25) is 0 Å². The van der Waals surface area contributed by atoms with E-state index in [-0.39, 0.29) is 19.8 Å². The van der Waals surface area contributed by atoms with Gasteiger partial charge in [0.05, 0.1) is 39.1 Å². The van der Waals surface area contributed by atoms with E-state index in [2.05, 4.69) is 0 Å². The topological polar surface area (TPSA) is 155 Å². The normalized spacial score (nSPS) is 18.7. The van der Waals surface area contributed by atoms with Crippen LogP contribution in [-0.4, -0.2) is 96.3 Å². The highest BCUT2D eigenvalue weighted by Gasteiger charge is 2.33. The molecule has 134 valence electrons. The first-order valence-electron chi connectivity index (χ1n) is 7.26. The average molecular weight is 327 g/mol. The molecule has 0 aromatic rings. The third-order valence-electron chi connectivity index (χ3n) is 3.01. The maximum absolute atomic E-state index is 9.67. The van der Waals surface area contributed by atoms with Crippen LogP contribution >= 0.6 is 0 Å². The SMILES string of the molecule is CC(CO)[C@@H](O)C(O)C(O)[C@H](O)OCCOCCOCCN. The molecule has 0 saturated carbocycles. The minimum atomic E-state index is -1.70. The van der Waals surface area contributed by atoms with E-state index in [4.69, 9.17) is 25.1 Å². The molecule has 9 heteroatoms. The zero-order valence-electron chi connectivity index (χ0n) is 12.9. The van der Waals surface area contributed by atoms with Crippen molar-refractivity contribution in [1.29, 1.82) is 0 Å². The first-order chi connectivity index (χ1) is 10.5. The van der Waals surface area contributed by atoms with E-state index in [1.807, 2.05) is 0 Å². The predicted molar refractivity (Wildman–Crippen MR) is 76.9 cm³/mol. The Morgan fingerprint density at radius 1 is 0.818 bits per heavy atom. The van der Waals surface area contributed by atoms with Crippen LogP contribution in [0, 0.1) is 5.92 Å². The van der Waals surface area contributed by atoms with Gasteiger partial charge in [0, 0.05) is 19.1 Å². The fourth-order valence-electron chi connectivity index (χ4n) is 1.55. The van der Waals surface area contributed by atoms with E-state index in [1.165, 1.54) is 6.92 Å². The van der Waals surface area contributed by atoms with Crippen LogP contribution in [0.25, 0.3) is 0 Å². The summed E-state index contributed by atoms with van der Waals surface area (Å²) < 4.78 is 15.1. The molecule has 22 heavy (non-hydrogen) atoms. The van der Waals surface area contributed by atoms with E-state index in [1.54, 1.807) is 0 Å². The third kappa shape index (κ3) is 8.93. The second-order valence-electron chi connectivity index (χ2n) is 4.91. The van der Waals surface area contributed by atoms with Gasteiger partial charge in [-0.2, -0.15) is 0 Å². The molecular formula is C13H29NO8. The molecule has 0 aromatic carbocycles. The molecule has 0 aliphatic carbocycles. The summed E-state index contributed by atoms with van der Waals surface area (Å²) in [6, 6.07) is 0. The van der Waals surface area contributed by atoms with Crippen LogP contribution in [0.1, 0.15) is 6.92 Å². The second kappa shape index (κ2) is 13.1. The largest absolute Gasteiger partial charge is 0.396 e. The lowest BCUT2D eigenvalue weighted by atomic mass is 9.97. The first kappa shape index (κ1) is 21.6. The Bertz CT molecular complexity index is 258. The minimum Gasteiger partial charge on any atom is -0.396 e. The maximum Gasteiger partial charge on any atom is 0.183 e. The van der Waals surface area contributed by atoms with Crippen molar-refractivity contribution in [2.24, 2.45) is 11.7 Å². The van der Waals surface area contributed by atoms with Crippen molar-refractivity contribution in [2.45, 2.75) is 31.5 Å². The van der Waals surface area contributed by atoms with Crippen molar-refractivity contribution in [2.75, 3.05) is 46.2 Å². The monoisotopic (exact) mass is 327 g/mol. The lowest BCUT2D eigenvalue weighted by molar-refractivity contribution is -0.210. The lowest BCUT2D eigenvalue weighted by Crippen LogP contribution is -2.48. The summed E-state index contributed by atoms with van der Waals surface area (Å²) in [6.45, 7) is 2.93. The van der Waals surface area contributed by atoms with Gasteiger partial charge in [0.25, 0.3) is 0 Å². The Hall–Kier alpha value is -0.360. The van der Waals surface area contributed by atoms with E-state index in [0.717, 1.165) is 0 Å². The van der Waals surface area contributed by atoms with Gasteiger partial charge < -0.3 is 45.5 Å². The fraction of sp³-hybridized carbons (Fsp3) is 1.00. The Morgan fingerprint density at radius 3 is 1.91 bits per heavy atom. The number of nitrogens with two attached hydrogens (primary N) is 1. The van der Waals surface area contributed by atoms with Crippen LogP contribution in [0.5, 0.6) is 0 Å². The number of ether oxygens (including phenoxy) is 3. The van der Waals surface area contributed by atoms with Gasteiger partial charge in [0.1, 0.15) is 12.2 Å². The number of aliphatic hydroxyl groups excluding tert-OH is 5. The zero-order valence-corrected chi connectivity index (χ0v) is 12.9. The Labute approximate surface area is 130 Å². The molecule has 0 aliphatic rings. The summed E-state index contributed by atoms with van der Waals surface area (Å²) in [6.07, 6.45) is -6.39. The highest BCUT2D eigenvalue weighted by atomic mass is 16.6. The van der Waals surface area contributed by atoms with Gasteiger partial charge in [-0.15, -0.1) is 0 Å². The molecule has 0 fully saturated rings. The van der Waals surface area contributed by atoms with Gasteiger partial charge in [0.15, 0.2) is 6.29 Å². The number of rotatable bonds is 14. The van der Waals surface area contributed by atoms with Gasteiger partial charge in [-0.1, -0.05) is 6.92 Å². The Morgan fingerprint density at radius 2 is 1.36 bits per heavy atom. The molecule has 0 radical (unpaired) electrons. The minimum absolute atomic E-state index is 0.00646. The zero-order chi connectivity index (χ0) is 17.0. The van der Waals surface area contributed by atoms with Crippen LogP contribution in [-0.2, 0) is 14.2 Å². The molecule has 0 aliphatic heterocycles. The molecule has 0 spiro atoms. The van der Waals surface area contributed by atoms with E-state index in [9.17, 15) is 20.4 Å². The van der Waals surface area contributed by atoms with E-state index >= 15 is 0 Å². The van der Waals surface area contributed by atoms with E-state index in [0.29, 0.717) is 26.4 Å². The molecule has 7 N–H and O–H groups in total. The summed E-state index contributed by atoms with van der Waals surface area (Å²) >= 11 is 0. The summed E-state index contributed by atoms with van der Waals surface area (Å²) in [5, 5.41) is 47.4. The van der Waals surface area contributed by atoms with Gasteiger partial charge >= 0.3 is 0 Å². The molecule has 5 atom stereocenters. The number of hydrogen-bond donors (Lipinski definition) is 6. The highest BCUT2D eigenvalue weighted by Crippen LogP contribution is 2.13. The summed E-state index contributed by atoms with van der Waals surface area (Å²) in [5.41, 5.74) is 5.24. The summed E-state index contributed by atoms with van der Waals surface area (Å²) in [4.78, 5) is 0. The lowest BCUT2D eigenvalue weighted by Gasteiger charge is -2.28. The third-order valence-corrected chi connectivity index (χ3v) is 3.01. The van der Waals surface area contributed by atoms with Crippen molar-refractivity contribution >= 4 is 0 Å². The van der Waals surface area contributed by atoms with Crippen LogP contribution in [0.15, 0.2) is 0 Å². The molecular weight excluding hydrogens is 298 g/mol. The molecule has 9 nitrogen and oxygen atoms in total. The summed E-state index contributed by atoms with van der Waals surface area (Å²) in [7, 11) is 0. The molecule has 3 unspecified atom stereocenters. The standard InChI is InChI=1S/C13H29NO8/c1-9(8-15)10(16)11(17)12(18)13(19)22-7-6-21-5-4-20-3-2-14/h9-13,15-19H,2-8,14H2,1H3/t9?,10-,11?,12?,13-/m1/s1. The molecule has 0 amide bonds. The quantitative estimate of drug-likeness (QED) is 0.145. The molecule has 0 rings (SSSR count). The van der Waals surface area contributed by atoms with Gasteiger partial charge in [-0.25, -0.2) is 0 Å². The maximum atomic E-state index is 9.67. The molecule has 0 heterocycles. The van der Waals surface area contributed by atoms with E-state index < -0.39 is 30.5 Å². The van der Waals surface area contributed by atoms with Crippen LogP contribution < -0.4 is 5.73 Å². The summed E-state index contributed by atoms with van der Waals surface area (Å²) in [5.74, 6) is -0.645. The van der Waals surface area contributed by atoms with Crippen molar-refractivity contribution in [3.63, 3.8) is 0 Å². The Balaban J connectivity index is 3.79. The van der Waals surface area contributed by atoms with Crippen LogP contribution in [0.2, 0.25) is 0 Å². The molecule has 0 saturated heterocycles. The Kier molecular flexibility index (Phi) is 12.9. The fourth-order valence-corrected chi connectivity index (χ4v) is 1.55. The van der Waals surface area contributed by atoms with Gasteiger partial charge in [0.2, 0.25) is 0 Å². The molecule has 0 bridgehead atoms. The smallest absolute Gasteiger partial charge is 0.183 e. The predicted octanol–water partition coefficient (Wildman–Crippen LogP) is -2.98. The number of hydrogen-bond acceptors (Lipinski definition) is 9. The number of aliphatic hydroxyl groups is 5. The van der Waals surface area contributed by atoms with Crippen molar-refractivity contribution in [3.8, 4) is 0 Å². The molecule has 0 aromatic heterocycles. The van der Waals surface area contributed by atoms with Crippen molar-refractivity contribution in [3.05, 3.63) is 0 Å². The first-order valence-corrected chi connectivity index (χ1v) is 7.26. The van der Waals surface area contributed by atoms with Crippen molar-refractivity contribution in [1.82, 2.24) is 0 Å². The average Bonchev–Trinajstić information content (AvgIpc) is 2.54. The van der Waals surface area contributed by atoms with Gasteiger partial charge in [-0.05, 0) is 0 Å². The van der Waals surface area contributed by atoms with Crippen LogP contribution in [0.3, 0.4) is 0 Å².